The van der Waals surface area contributed by atoms with Crippen molar-refractivity contribution in [3.05, 3.63) is 46.8 Å². The monoisotopic (exact) mass is 299 g/mol. The van der Waals surface area contributed by atoms with Crippen molar-refractivity contribution in [2.45, 2.75) is 33.6 Å². The van der Waals surface area contributed by atoms with E-state index in [4.69, 9.17) is 0 Å². The van der Waals surface area contributed by atoms with Crippen molar-refractivity contribution in [2.24, 2.45) is 7.05 Å². The third-order valence-corrected chi connectivity index (χ3v) is 3.81. The van der Waals surface area contributed by atoms with Gasteiger partial charge in [-0.3, -0.25) is 14.3 Å². The fraction of sp³-hybridized carbons (Fsp3) is 0.353. The number of Topliss-reactive ketones (excluding diaryl/α,β-unsaturated/α-hetero) is 1. The van der Waals surface area contributed by atoms with Gasteiger partial charge in [0.2, 0.25) is 5.91 Å². The Bertz CT molecular complexity index is 717. The highest BCUT2D eigenvalue weighted by Crippen LogP contribution is 2.15. The molecule has 0 bridgehead atoms. The number of benzene rings is 1. The van der Waals surface area contributed by atoms with E-state index in [1.165, 1.54) is 6.92 Å². The van der Waals surface area contributed by atoms with Crippen molar-refractivity contribution >= 4 is 17.4 Å². The largest absolute Gasteiger partial charge is 0.326 e. The number of hydrogen-bond donors (Lipinski definition) is 1. The van der Waals surface area contributed by atoms with E-state index in [2.05, 4.69) is 10.4 Å². The third kappa shape index (κ3) is 3.61. The predicted octanol–water partition coefficient (Wildman–Crippen LogP) is 2.81. The van der Waals surface area contributed by atoms with Crippen molar-refractivity contribution in [2.75, 3.05) is 5.32 Å². The van der Waals surface area contributed by atoms with Crippen LogP contribution in [0.15, 0.2) is 24.3 Å². The Morgan fingerprint density at radius 3 is 2.59 bits per heavy atom. The van der Waals surface area contributed by atoms with E-state index in [-0.39, 0.29) is 11.7 Å². The highest BCUT2D eigenvalue weighted by Gasteiger charge is 2.11. The van der Waals surface area contributed by atoms with E-state index < -0.39 is 0 Å². The van der Waals surface area contributed by atoms with Crippen LogP contribution in [-0.4, -0.2) is 21.5 Å². The molecule has 22 heavy (non-hydrogen) atoms. The second kappa shape index (κ2) is 6.56. The van der Waals surface area contributed by atoms with Crippen LogP contribution in [0.1, 0.15) is 40.7 Å². The number of aryl methyl sites for hydroxylation is 2. The minimum Gasteiger partial charge on any atom is -0.326 e. The molecule has 1 heterocycles. The molecule has 1 aromatic heterocycles. The van der Waals surface area contributed by atoms with E-state index in [0.29, 0.717) is 24.1 Å². The standard InChI is InChI=1S/C17H21N3O2/c1-11-16(12(2)20(4)19-11)8-9-17(22)18-15-7-5-6-14(10-15)13(3)21/h5-7,10H,8-9H2,1-4H3,(H,18,22). The predicted molar refractivity (Wildman–Crippen MR) is 86.1 cm³/mol. The van der Waals surface area contributed by atoms with Crippen LogP contribution >= 0.6 is 0 Å². The van der Waals surface area contributed by atoms with Gasteiger partial charge in [0.25, 0.3) is 0 Å². The molecule has 1 amide bonds. The molecule has 1 aromatic carbocycles. The quantitative estimate of drug-likeness (QED) is 0.863. The molecule has 2 aromatic rings. The topological polar surface area (TPSA) is 64.0 Å². The first-order chi connectivity index (χ1) is 10.4. The molecule has 1 N–H and O–H groups in total. The van der Waals surface area contributed by atoms with Crippen molar-refractivity contribution in [3.8, 4) is 0 Å². The summed E-state index contributed by atoms with van der Waals surface area (Å²) in [6.45, 7) is 5.47. The molecule has 0 fully saturated rings. The summed E-state index contributed by atoms with van der Waals surface area (Å²) in [5, 5.41) is 7.19. The van der Waals surface area contributed by atoms with Crippen LogP contribution in [0.2, 0.25) is 0 Å². The molecule has 0 aliphatic carbocycles. The minimum absolute atomic E-state index is 0.0160. The van der Waals surface area contributed by atoms with Crippen LogP contribution in [0.3, 0.4) is 0 Å². The van der Waals surface area contributed by atoms with Crippen LogP contribution in [0.5, 0.6) is 0 Å². The number of amides is 1. The minimum atomic E-state index is -0.0663. The Kier molecular flexibility index (Phi) is 4.75. The number of carbonyl (C=O) groups excluding carboxylic acids is 2. The Labute approximate surface area is 130 Å². The van der Waals surface area contributed by atoms with Crippen LogP contribution in [-0.2, 0) is 18.3 Å². The molecule has 5 nitrogen and oxygen atoms in total. The second-order valence-corrected chi connectivity index (χ2v) is 5.46. The summed E-state index contributed by atoms with van der Waals surface area (Å²) < 4.78 is 1.83. The fourth-order valence-corrected chi connectivity index (χ4v) is 2.46. The maximum atomic E-state index is 12.1. The van der Waals surface area contributed by atoms with Gasteiger partial charge in [-0.15, -0.1) is 0 Å². The number of rotatable bonds is 5. The number of nitrogens with one attached hydrogen (secondary N) is 1. The summed E-state index contributed by atoms with van der Waals surface area (Å²) in [6, 6.07) is 6.98. The van der Waals surface area contributed by atoms with Gasteiger partial charge in [0.05, 0.1) is 5.69 Å². The SMILES string of the molecule is CC(=O)c1cccc(NC(=O)CCc2c(C)nn(C)c2C)c1. The number of anilines is 1. The maximum Gasteiger partial charge on any atom is 0.224 e. The Hall–Kier alpha value is -2.43. The van der Waals surface area contributed by atoms with E-state index in [9.17, 15) is 9.59 Å². The van der Waals surface area contributed by atoms with Crippen molar-refractivity contribution in [1.82, 2.24) is 9.78 Å². The molecule has 0 aliphatic rings. The lowest BCUT2D eigenvalue weighted by Gasteiger charge is -2.07. The van der Waals surface area contributed by atoms with E-state index >= 15 is 0 Å². The molecule has 0 unspecified atom stereocenters. The Morgan fingerprint density at radius 1 is 1.27 bits per heavy atom. The lowest BCUT2D eigenvalue weighted by molar-refractivity contribution is -0.116. The Morgan fingerprint density at radius 2 is 2.00 bits per heavy atom. The number of ketones is 1. The third-order valence-electron chi connectivity index (χ3n) is 3.81. The maximum absolute atomic E-state index is 12.1. The van der Waals surface area contributed by atoms with Gasteiger partial charge in [0.15, 0.2) is 5.78 Å². The zero-order valence-electron chi connectivity index (χ0n) is 13.4. The number of carbonyl (C=O) groups is 2. The molecule has 0 saturated heterocycles. The smallest absolute Gasteiger partial charge is 0.224 e. The lowest BCUT2D eigenvalue weighted by atomic mass is 10.1. The van der Waals surface area contributed by atoms with Gasteiger partial charge in [-0.05, 0) is 44.9 Å². The number of nitrogens with zero attached hydrogens (tertiary/aromatic N) is 2. The first-order valence-corrected chi connectivity index (χ1v) is 7.28. The molecule has 116 valence electrons. The highest BCUT2D eigenvalue weighted by molar-refractivity contribution is 5.97. The van der Waals surface area contributed by atoms with Crippen molar-refractivity contribution < 1.29 is 9.59 Å². The average Bonchev–Trinajstić information content (AvgIpc) is 2.70. The Balaban J connectivity index is 1.99. The molecule has 0 spiro atoms. The number of aromatic nitrogens is 2. The summed E-state index contributed by atoms with van der Waals surface area (Å²) >= 11 is 0. The van der Waals surface area contributed by atoms with Crippen molar-refractivity contribution in [1.29, 1.82) is 0 Å². The van der Waals surface area contributed by atoms with Gasteiger partial charge >= 0.3 is 0 Å². The summed E-state index contributed by atoms with van der Waals surface area (Å²) in [5.41, 5.74) is 4.42. The van der Waals surface area contributed by atoms with Gasteiger partial charge < -0.3 is 5.32 Å². The second-order valence-electron chi connectivity index (χ2n) is 5.46. The molecule has 2 rings (SSSR count). The van der Waals surface area contributed by atoms with E-state index in [0.717, 1.165) is 17.0 Å². The van der Waals surface area contributed by atoms with Crippen LogP contribution in [0.25, 0.3) is 0 Å². The summed E-state index contributed by atoms with van der Waals surface area (Å²) in [5.74, 6) is -0.0823. The van der Waals surface area contributed by atoms with Crippen molar-refractivity contribution in [3.63, 3.8) is 0 Å². The van der Waals surface area contributed by atoms with Crippen LogP contribution in [0.4, 0.5) is 5.69 Å². The molecule has 0 aliphatic heterocycles. The first-order valence-electron chi connectivity index (χ1n) is 7.28. The summed E-state index contributed by atoms with van der Waals surface area (Å²) in [6.07, 6.45) is 1.04. The van der Waals surface area contributed by atoms with E-state index in [1.54, 1.807) is 24.3 Å². The normalized spacial score (nSPS) is 10.5. The molecule has 5 heteroatoms. The molecular formula is C17H21N3O2. The van der Waals surface area contributed by atoms with Gasteiger partial charge in [-0.2, -0.15) is 5.10 Å². The van der Waals surface area contributed by atoms with Crippen LogP contribution < -0.4 is 5.32 Å². The molecule has 0 atom stereocenters. The molecule has 0 saturated carbocycles. The fourth-order valence-electron chi connectivity index (χ4n) is 2.46. The highest BCUT2D eigenvalue weighted by atomic mass is 16.1. The zero-order valence-corrected chi connectivity index (χ0v) is 13.4. The molecular weight excluding hydrogens is 278 g/mol. The van der Waals surface area contributed by atoms with Crippen LogP contribution in [0, 0.1) is 13.8 Å². The first kappa shape index (κ1) is 15.9. The summed E-state index contributed by atoms with van der Waals surface area (Å²) in [7, 11) is 1.90. The zero-order chi connectivity index (χ0) is 16.3. The van der Waals surface area contributed by atoms with Gasteiger partial charge in [0.1, 0.15) is 0 Å². The number of hydrogen-bond acceptors (Lipinski definition) is 3. The van der Waals surface area contributed by atoms with Gasteiger partial charge in [-0.25, -0.2) is 0 Å². The molecule has 0 radical (unpaired) electrons. The van der Waals surface area contributed by atoms with Gasteiger partial charge in [-0.1, -0.05) is 12.1 Å². The lowest BCUT2D eigenvalue weighted by Crippen LogP contribution is -2.13. The van der Waals surface area contributed by atoms with Gasteiger partial charge in [0, 0.05) is 30.4 Å². The average molecular weight is 299 g/mol. The van der Waals surface area contributed by atoms with E-state index in [1.807, 2.05) is 25.6 Å². The summed E-state index contributed by atoms with van der Waals surface area (Å²) in [4.78, 5) is 23.4.